The number of phenols is 1. The fourth-order valence-corrected chi connectivity index (χ4v) is 5.51. The van der Waals surface area contributed by atoms with Gasteiger partial charge in [-0.25, -0.2) is 9.79 Å². The summed E-state index contributed by atoms with van der Waals surface area (Å²) < 4.78 is 12.4. The van der Waals surface area contributed by atoms with Crippen LogP contribution in [0.4, 0.5) is 5.69 Å². The summed E-state index contributed by atoms with van der Waals surface area (Å²) in [5.74, 6) is -0.647. The largest absolute Gasteiger partial charge is 0.502 e. The molecule has 0 saturated heterocycles. The highest BCUT2D eigenvalue weighted by atomic mass is 32.1. The molecule has 40 heavy (non-hydrogen) atoms. The van der Waals surface area contributed by atoms with Crippen LogP contribution in [0.5, 0.6) is 11.5 Å². The first-order valence-electron chi connectivity index (χ1n) is 12.2. The van der Waals surface area contributed by atoms with Gasteiger partial charge in [-0.3, -0.25) is 19.5 Å². The molecule has 2 heterocycles. The normalized spacial score (nSPS) is 14.8. The molecule has 0 unspecified atom stereocenters. The number of nitro groups is 1. The Morgan fingerprint density at radius 2 is 1.90 bits per heavy atom. The lowest BCUT2D eigenvalue weighted by atomic mass is 9.93. The summed E-state index contributed by atoms with van der Waals surface area (Å²) in [5, 5.41) is 21.8. The molecule has 0 aliphatic carbocycles. The molecule has 0 fully saturated rings. The Morgan fingerprint density at radius 3 is 2.60 bits per heavy atom. The molecule has 0 saturated carbocycles. The lowest BCUT2D eigenvalue weighted by Crippen LogP contribution is -2.40. The number of ether oxygens (including phenoxy) is 2. The number of aromatic nitrogens is 1. The number of carbonyl (C=O) groups excluding carboxylic acids is 1. The zero-order valence-corrected chi connectivity index (χ0v) is 22.3. The van der Waals surface area contributed by atoms with Crippen LogP contribution >= 0.6 is 11.3 Å². The molecule has 1 aliphatic rings. The van der Waals surface area contributed by atoms with Gasteiger partial charge >= 0.3 is 11.7 Å². The van der Waals surface area contributed by atoms with Gasteiger partial charge in [0.05, 0.1) is 40.5 Å². The second-order valence-electron chi connectivity index (χ2n) is 8.68. The molecule has 1 N–H and O–H groups in total. The number of aromatic hydroxyl groups is 1. The highest BCUT2D eigenvalue weighted by molar-refractivity contribution is 7.07. The number of hydrogen-bond acceptors (Lipinski definition) is 9. The Balaban J connectivity index is 1.84. The quantitative estimate of drug-likeness (QED) is 0.209. The number of carbonyl (C=O) groups is 1. The number of methoxy groups -OCH3 is 1. The lowest BCUT2D eigenvalue weighted by Gasteiger charge is -2.26. The zero-order valence-electron chi connectivity index (χ0n) is 21.4. The number of rotatable bonds is 7. The molecule has 5 rings (SSSR count). The number of phenolic OH excluding ortho intramolecular Hbond substituents is 1. The second kappa shape index (κ2) is 11.0. The van der Waals surface area contributed by atoms with E-state index in [9.17, 15) is 24.8 Å². The molecule has 11 heteroatoms. The van der Waals surface area contributed by atoms with Crippen LogP contribution in [0.25, 0.3) is 11.8 Å². The SMILES string of the molecule is CCOC(=O)C1=C(c2ccccc2)N=c2sc(=Cc3cccc([N+](=O)[O-])c3O)c(=O)n2[C@@H]1c1cccc(OC)c1. The maximum atomic E-state index is 13.9. The van der Waals surface area contributed by atoms with Crippen molar-refractivity contribution in [2.45, 2.75) is 13.0 Å². The predicted octanol–water partition coefficient (Wildman–Crippen LogP) is 3.56. The van der Waals surface area contributed by atoms with E-state index in [1.165, 1.54) is 36.0 Å². The number of nitro benzene ring substituents is 1. The smallest absolute Gasteiger partial charge is 0.338 e. The molecule has 0 bridgehead atoms. The minimum atomic E-state index is -0.915. The van der Waals surface area contributed by atoms with Crippen LogP contribution in [-0.4, -0.2) is 34.3 Å². The van der Waals surface area contributed by atoms with Crippen LogP contribution in [0, 0.1) is 10.1 Å². The van der Waals surface area contributed by atoms with Crippen LogP contribution in [0.1, 0.15) is 29.7 Å². The highest BCUT2D eigenvalue weighted by Crippen LogP contribution is 2.36. The third-order valence-electron chi connectivity index (χ3n) is 6.31. The molecule has 202 valence electrons. The second-order valence-corrected chi connectivity index (χ2v) is 9.69. The lowest BCUT2D eigenvalue weighted by molar-refractivity contribution is -0.385. The summed E-state index contributed by atoms with van der Waals surface area (Å²) in [6.07, 6.45) is 1.38. The summed E-state index contributed by atoms with van der Waals surface area (Å²) in [5.41, 5.74) is 0.925. The molecule has 0 amide bonds. The van der Waals surface area contributed by atoms with Crippen molar-refractivity contribution in [1.82, 2.24) is 4.57 Å². The fraction of sp³-hybridized carbons (Fsp3) is 0.138. The van der Waals surface area contributed by atoms with Crippen molar-refractivity contribution in [2.24, 2.45) is 4.99 Å². The van der Waals surface area contributed by atoms with Crippen molar-refractivity contribution < 1.29 is 24.3 Å². The topological polar surface area (TPSA) is 133 Å². The van der Waals surface area contributed by atoms with E-state index in [2.05, 4.69) is 0 Å². The van der Waals surface area contributed by atoms with Crippen molar-refractivity contribution in [2.75, 3.05) is 13.7 Å². The maximum absolute atomic E-state index is 13.9. The Bertz CT molecular complexity index is 1840. The molecule has 0 spiro atoms. The number of para-hydroxylation sites is 1. The summed E-state index contributed by atoms with van der Waals surface area (Å²) in [6, 6.07) is 19.3. The van der Waals surface area contributed by atoms with E-state index in [1.54, 1.807) is 31.2 Å². The molecule has 0 radical (unpaired) electrons. The van der Waals surface area contributed by atoms with Crippen LogP contribution in [0.2, 0.25) is 0 Å². The van der Waals surface area contributed by atoms with Crippen LogP contribution in [0.15, 0.2) is 88.2 Å². The number of thiazole rings is 1. The molecule has 1 aromatic heterocycles. The molecule has 10 nitrogen and oxygen atoms in total. The van der Waals surface area contributed by atoms with Gasteiger partial charge in [-0.05, 0) is 30.7 Å². The molecule has 4 aromatic rings. The summed E-state index contributed by atoms with van der Waals surface area (Å²) >= 11 is 1.04. The first-order valence-corrected chi connectivity index (χ1v) is 13.0. The first-order chi connectivity index (χ1) is 19.3. The summed E-state index contributed by atoms with van der Waals surface area (Å²) in [7, 11) is 1.52. The minimum Gasteiger partial charge on any atom is -0.502 e. The van der Waals surface area contributed by atoms with E-state index < -0.39 is 33.9 Å². The number of nitrogens with zero attached hydrogens (tertiary/aromatic N) is 3. The van der Waals surface area contributed by atoms with Crippen molar-refractivity contribution in [1.29, 1.82) is 0 Å². The van der Waals surface area contributed by atoms with Crippen molar-refractivity contribution >= 4 is 34.8 Å². The van der Waals surface area contributed by atoms with Gasteiger partial charge in [-0.15, -0.1) is 0 Å². The van der Waals surface area contributed by atoms with E-state index in [-0.39, 0.29) is 22.3 Å². The van der Waals surface area contributed by atoms with E-state index in [0.29, 0.717) is 27.4 Å². The van der Waals surface area contributed by atoms with Gasteiger partial charge < -0.3 is 14.6 Å². The van der Waals surface area contributed by atoms with Crippen molar-refractivity contribution in [3.63, 3.8) is 0 Å². The highest BCUT2D eigenvalue weighted by Gasteiger charge is 2.35. The van der Waals surface area contributed by atoms with Gasteiger partial charge in [0, 0.05) is 17.2 Å². The van der Waals surface area contributed by atoms with Gasteiger partial charge in [0.2, 0.25) is 5.75 Å². The van der Waals surface area contributed by atoms with E-state index in [4.69, 9.17) is 14.5 Å². The van der Waals surface area contributed by atoms with Crippen molar-refractivity contribution in [3.8, 4) is 11.5 Å². The number of benzene rings is 3. The fourth-order valence-electron chi connectivity index (χ4n) is 4.52. The average molecular weight is 558 g/mol. The average Bonchev–Trinajstić information content (AvgIpc) is 3.28. The van der Waals surface area contributed by atoms with Crippen LogP contribution in [0.3, 0.4) is 0 Å². The number of hydrogen-bond donors (Lipinski definition) is 1. The molecule has 1 atom stereocenters. The summed E-state index contributed by atoms with van der Waals surface area (Å²) in [4.78, 5) is 43.1. The van der Waals surface area contributed by atoms with Gasteiger partial charge in [-0.2, -0.15) is 0 Å². The summed E-state index contributed by atoms with van der Waals surface area (Å²) in [6.45, 7) is 1.81. The van der Waals surface area contributed by atoms with Gasteiger partial charge in [0.15, 0.2) is 4.80 Å². The first kappa shape index (κ1) is 26.6. The standard InChI is InChI=1S/C29H23N3O7S/c1-3-39-28(35)23-24(17-9-5-4-6-10-17)30-29-31(25(23)18-11-7-13-20(15-18)38-2)27(34)22(40-29)16-19-12-8-14-21(26(19)33)32(36)37/h4-16,25,33H,3H2,1-2H3/t25-/m1/s1. The Morgan fingerprint density at radius 1 is 1.15 bits per heavy atom. The van der Waals surface area contributed by atoms with Gasteiger partial charge in [0.25, 0.3) is 5.56 Å². The molecule has 3 aromatic carbocycles. The third kappa shape index (κ3) is 4.78. The number of fused-ring (bicyclic) bond motifs is 1. The molecule has 1 aliphatic heterocycles. The Labute approximate surface area is 231 Å². The maximum Gasteiger partial charge on any atom is 0.338 e. The molecular formula is C29H23N3O7S. The Hall–Kier alpha value is -5.03. The number of esters is 1. The monoisotopic (exact) mass is 557 g/mol. The Kier molecular flexibility index (Phi) is 7.30. The third-order valence-corrected chi connectivity index (χ3v) is 7.30. The van der Waals surface area contributed by atoms with Crippen LogP contribution in [-0.2, 0) is 9.53 Å². The van der Waals surface area contributed by atoms with E-state index in [1.807, 2.05) is 30.3 Å². The minimum absolute atomic E-state index is 0.102. The predicted molar refractivity (Wildman–Crippen MR) is 149 cm³/mol. The van der Waals surface area contributed by atoms with E-state index >= 15 is 0 Å². The van der Waals surface area contributed by atoms with Crippen molar-refractivity contribution in [3.05, 3.63) is 125 Å². The van der Waals surface area contributed by atoms with E-state index in [0.717, 1.165) is 11.3 Å². The molecular weight excluding hydrogens is 534 g/mol. The zero-order chi connectivity index (χ0) is 28.4. The van der Waals surface area contributed by atoms with Gasteiger partial charge in [-0.1, -0.05) is 65.9 Å². The van der Waals surface area contributed by atoms with Crippen LogP contribution < -0.4 is 19.6 Å². The van der Waals surface area contributed by atoms with Gasteiger partial charge in [0.1, 0.15) is 5.75 Å².